The van der Waals surface area contributed by atoms with Crippen LogP contribution < -0.4 is 22.9 Å². The Hall–Kier alpha value is -5.10. The summed E-state index contributed by atoms with van der Waals surface area (Å²) in [6, 6.07) is 11.6. The number of benzene rings is 2. The molecule has 0 saturated heterocycles. The quantitative estimate of drug-likeness (QED) is 0.128. The summed E-state index contributed by atoms with van der Waals surface area (Å²) in [5, 5.41) is 58.3. The monoisotopic (exact) mass is 626 g/mol. The van der Waals surface area contributed by atoms with Gasteiger partial charge in [0.2, 0.25) is 0 Å². The third-order valence-corrected chi connectivity index (χ3v) is 5.02. The van der Waals surface area contributed by atoms with E-state index < -0.39 is 66.4 Å². The number of carboxylic acid groups (broad SMARTS) is 6. The van der Waals surface area contributed by atoms with Gasteiger partial charge in [-0.05, 0) is 42.5 Å². The highest BCUT2D eigenvalue weighted by Crippen LogP contribution is 2.10. The lowest BCUT2D eigenvalue weighted by Gasteiger charge is -2.05. The summed E-state index contributed by atoms with van der Waals surface area (Å²) in [4.78, 5) is 60.3. The molecule has 17 nitrogen and oxygen atoms in total. The molecule has 0 amide bonds. The zero-order valence-corrected chi connectivity index (χ0v) is 23.4. The molecule has 2 rings (SSSR count). The van der Waals surface area contributed by atoms with Crippen molar-refractivity contribution in [2.75, 3.05) is 0 Å². The van der Waals surface area contributed by atoms with Crippen LogP contribution in [0.25, 0.3) is 0 Å². The Morgan fingerprint density at radius 2 is 0.909 bits per heavy atom. The average molecular weight is 627 g/mol. The van der Waals surface area contributed by atoms with Crippen molar-refractivity contribution in [3.05, 3.63) is 65.7 Å². The first kappa shape index (κ1) is 41.0. The van der Waals surface area contributed by atoms with E-state index in [9.17, 15) is 28.8 Å². The molecule has 0 aromatic heterocycles. The van der Waals surface area contributed by atoms with Crippen LogP contribution in [-0.4, -0.2) is 95.7 Å². The number of rotatable bonds is 13. The molecule has 0 bridgehead atoms. The Morgan fingerprint density at radius 1 is 0.523 bits per heavy atom. The van der Waals surface area contributed by atoms with Crippen LogP contribution in [0.1, 0.15) is 30.4 Å². The first-order valence-electron chi connectivity index (χ1n) is 12.6. The fraction of sp³-hybridized carbons (Fsp3) is 0.333. The molecule has 0 heterocycles. The molecule has 4 atom stereocenters. The van der Waals surface area contributed by atoms with Crippen molar-refractivity contribution in [2.24, 2.45) is 22.9 Å². The Morgan fingerprint density at radius 3 is 1.23 bits per heavy atom. The lowest BCUT2D eigenvalue weighted by Crippen LogP contribution is -2.32. The minimum atomic E-state index is -1.29. The Labute approximate surface area is 251 Å². The maximum absolute atomic E-state index is 10.4. The van der Waals surface area contributed by atoms with E-state index in [1.807, 2.05) is 30.3 Å². The number of carboxylic acids is 6. The van der Waals surface area contributed by atoms with Gasteiger partial charge in [0.1, 0.15) is 29.9 Å². The molecule has 0 aliphatic rings. The summed E-state index contributed by atoms with van der Waals surface area (Å²) in [5.41, 5.74) is 22.3. The topological polar surface area (TPSA) is 348 Å². The van der Waals surface area contributed by atoms with Gasteiger partial charge in [0.05, 0.1) is 6.42 Å². The molecule has 0 saturated carbocycles. The largest absolute Gasteiger partial charge is 0.508 e. The molecule has 2 aromatic carbocycles. The summed E-state index contributed by atoms with van der Waals surface area (Å²) >= 11 is 0. The number of aliphatic carboxylic acids is 6. The number of phenolic OH excluding ortho intramolecular Hbond substituents is 1. The predicted molar refractivity (Wildman–Crippen MR) is 154 cm³/mol. The van der Waals surface area contributed by atoms with Crippen LogP contribution in [0.5, 0.6) is 5.75 Å². The minimum absolute atomic E-state index is 0.0231. The summed E-state index contributed by atoms with van der Waals surface area (Å²) < 4.78 is 0. The minimum Gasteiger partial charge on any atom is -0.508 e. The van der Waals surface area contributed by atoms with Crippen molar-refractivity contribution in [1.82, 2.24) is 0 Å². The van der Waals surface area contributed by atoms with Crippen molar-refractivity contribution in [1.29, 1.82) is 0 Å². The zero-order chi connectivity index (χ0) is 34.4. The highest BCUT2D eigenvalue weighted by atomic mass is 16.4. The van der Waals surface area contributed by atoms with E-state index in [1.54, 1.807) is 12.1 Å². The summed E-state index contributed by atoms with van der Waals surface area (Å²) in [6.07, 6.45) is -0.0980. The molecule has 0 aliphatic carbocycles. The van der Waals surface area contributed by atoms with Crippen molar-refractivity contribution in [3.8, 4) is 5.75 Å². The predicted octanol–water partition coefficient (Wildman–Crippen LogP) is -0.876. The summed E-state index contributed by atoms with van der Waals surface area (Å²) in [7, 11) is 0. The Bertz CT molecular complexity index is 1190. The first-order chi connectivity index (χ1) is 20.4. The van der Waals surface area contributed by atoms with Crippen molar-refractivity contribution in [2.45, 2.75) is 56.3 Å². The van der Waals surface area contributed by atoms with Crippen LogP contribution in [0.2, 0.25) is 0 Å². The van der Waals surface area contributed by atoms with Gasteiger partial charge in [-0.2, -0.15) is 0 Å². The van der Waals surface area contributed by atoms with Crippen LogP contribution in [0.3, 0.4) is 0 Å². The maximum Gasteiger partial charge on any atom is 0.321 e. The number of hydrogen-bond acceptors (Lipinski definition) is 11. The van der Waals surface area contributed by atoms with E-state index in [-0.39, 0.29) is 25.0 Å². The van der Waals surface area contributed by atoms with Crippen molar-refractivity contribution in [3.63, 3.8) is 0 Å². The van der Waals surface area contributed by atoms with E-state index in [0.29, 0.717) is 6.42 Å². The SMILES string of the molecule is N[C@@H](CC(=O)O)C(=O)O.N[C@@H](CCC(=O)O)C(=O)O.N[C@@H](Cc1ccc(O)cc1)C(=O)O.N[C@@H](Cc1ccccc1)C(=O)O. The van der Waals surface area contributed by atoms with E-state index in [4.69, 9.17) is 58.7 Å². The van der Waals surface area contributed by atoms with E-state index in [1.165, 1.54) is 12.1 Å². The first-order valence-corrected chi connectivity index (χ1v) is 12.6. The highest BCUT2D eigenvalue weighted by Gasteiger charge is 2.15. The number of aromatic hydroxyl groups is 1. The maximum atomic E-state index is 10.4. The van der Waals surface area contributed by atoms with Gasteiger partial charge in [-0.3, -0.25) is 28.8 Å². The van der Waals surface area contributed by atoms with Crippen LogP contribution in [-0.2, 0) is 41.6 Å². The Kier molecular flexibility index (Phi) is 21.0. The third kappa shape index (κ3) is 22.6. The third-order valence-electron chi connectivity index (χ3n) is 5.02. The molecule has 2 aromatic rings. The van der Waals surface area contributed by atoms with Gasteiger partial charge in [-0.15, -0.1) is 0 Å². The van der Waals surface area contributed by atoms with Gasteiger partial charge in [0, 0.05) is 6.42 Å². The molecule has 0 spiro atoms. The van der Waals surface area contributed by atoms with E-state index in [2.05, 4.69) is 0 Å². The van der Waals surface area contributed by atoms with Gasteiger partial charge < -0.3 is 58.7 Å². The smallest absolute Gasteiger partial charge is 0.321 e. The fourth-order valence-electron chi connectivity index (χ4n) is 2.61. The second-order valence-corrected chi connectivity index (χ2v) is 8.87. The second-order valence-electron chi connectivity index (χ2n) is 8.87. The molecule has 0 radical (unpaired) electrons. The zero-order valence-electron chi connectivity index (χ0n) is 23.4. The molecule has 44 heavy (non-hydrogen) atoms. The molecule has 0 aliphatic heterocycles. The van der Waals surface area contributed by atoms with Crippen LogP contribution in [0.4, 0.5) is 0 Å². The van der Waals surface area contributed by atoms with Crippen molar-refractivity contribution >= 4 is 35.8 Å². The normalized spacial score (nSPS) is 12.5. The molecular weight excluding hydrogens is 588 g/mol. The summed E-state index contributed by atoms with van der Waals surface area (Å²) in [5.74, 6) is -6.51. The number of phenols is 1. The van der Waals surface area contributed by atoms with Crippen LogP contribution in [0.15, 0.2) is 54.6 Å². The number of nitrogens with two attached hydrogens (primary N) is 4. The lowest BCUT2D eigenvalue weighted by atomic mass is 10.1. The second kappa shape index (κ2) is 22.5. The fourth-order valence-corrected chi connectivity index (χ4v) is 2.61. The van der Waals surface area contributed by atoms with Gasteiger partial charge in [0.25, 0.3) is 0 Å². The number of carbonyl (C=O) groups is 6. The lowest BCUT2D eigenvalue weighted by molar-refractivity contribution is -0.144. The standard InChI is InChI=1S/C9H11NO3.C9H11NO2.C5H9NO4.C4H7NO4/c10-8(9(12)13)5-6-1-3-7(11)4-2-6;10-8(9(11)12)6-7-4-2-1-3-5-7;6-3(5(9)10)1-2-4(7)8;5-2(4(8)9)1-3(6)7/h1-4,8,11H,5,10H2,(H,12,13);1-5,8H,6,10H2,(H,11,12);3H,1-2,6H2,(H,7,8)(H,9,10);2H,1,5H2,(H,6,7)(H,8,9)/t2*8-;3-;2-/m0000/s1. The molecule has 0 fully saturated rings. The van der Waals surface area contributed by atoms with Gasteiger partial charge in [-0.25, -0.2) is 0 Å². The molecule has 244 valence electrons. The highest BCUT2D eigenvalue weighted by molar-refractivity contribution is 5.80. The van der Waals surface area contributed by atoms with Gasteiger partial charge >= 0.3 is 35.8 Å². The molecule has 0 unspecified atom stereocenters. The van der Waals surface area contributed by atoms with Crippen LogP contribution in [0, 0.1) is 0 Å². The van der Waals surface area contributed by atoms with Crippen LogP contribution >= 0.6 is 0 Å². The van der Waals surface area contributed by atoms with Crippen molar-refractivity contribution < 1.29 is 64.5 Å². The molecule has 17 heteroatoms. The van der Waals surface area contributed by atoms with E-state index >= 15 is 0 Å². The molecular formula is C27H38N4O13. The molecule has 15 N–H and O–H groups in total. The average Bonchev–Trinajstić information content (AvgIpc) is 2.94. The van der Waals surface area contributed by atoms with Gasteiger partial charge in [-0.1, -0.05) is 42.5 Å². The van der Waals surface area contributed by atoms with E-state index in [0.717, 1.165) is 11.1 Å². The van der Waals surface area contributed by atoms with Gasteiger partial charge in [0.15, 0.2) is 0 Å². The summed E-state index contributed by atoms with van der Waals surface area (Å²) in [6.45, 7) is 0. The number of hydrogen-bond donors (Lipinski definition) is 11. The Balaban J connectivity index is 0.